The van der Waals surface area contributed by atoms with E-state index in [1.807, 2.05) is 0 Å². The summed E-state index contributed by atoms with van der Waals surface area (Å²) in [7, 11) is 0. The van der Waals surface area contributed by atoms with Crippen molar-refractivity contribution < 1.29 is 9.90 Å². The minimum Gasteiger partial charge on any atom is -0.481 e. The fourth-order valence-corrected chi connectivity index (χ4v) is 1.25. The van der Waals surface area contributed by atoms with Crippen LogP contribution in [0.2, 0.25) is 0 Å². The van der Waals surface area contributed by atoms with Crippen LogP contribution in [-0.4, -0.2) is 17.0 Å². The normalized spacial score (nSPS) is 21.2. The van der Waals surface area contributed by atoms with Crippen molar-refractivity contribution in [3.63, 3.8) is 0 Å². The second-order valence-corrected chi connectivity index (χ2v) is 3.08. The Labute approximate surface area is 70.9 Å². The zero-order valence-electron chi connectivity index (χ0n) is 6.22. The van der Waals surface area contributed by atoms with Gasteiger partial charge in [0.2, 0.25) is 0 Å². The lowest BCUT2D eigenvalue weighted by molar-refractivity contribution is -0.137. The Hall–Kier alpha value is -0.500. The number of halogens is 1. The highest BCUT2D eigenvalue weighted by atomic mass is 35.5. The van der Waals surface area contributed by atoms with Crippen LogP contribution < -0.4 is 0 Å². The van der Waals surface area contributed by atoms with E-state index in [0.29, 0.717) is 5.88 Å². The summed E-state index contributed by atoms with van der Waals surface area (Å²) < 4.78 is 0. The van der Waals surface area contributed by atoms with Gasteiger partial charge in [-0.3, -0.25) is 4.79 Å². The minimum atomic E-state index is -0.717. The van der Waals surface area contributed by atoms with Gasteiger partial charge in [-0.15, -0.1) is 11.6 Å². The number of aliphatic carboxylic acids is 1. The van der Waals surface area contributed by atoms with Crippen LogP contribution in [0, 0.1) is 5.92 Å². The highest BCUT2D eigenvalue weighted by molar-refractivity contribution is 6.17. The predicted molar refractivity (Wildman–Crippen MR) is 43.8 cm³/mol. The molecule has 62 valence electrons. The van der Waals surface area contributed by atoms with Crippen LogP contribution in [0.1, 0.15) is 19.3 Å². The first-order chi connectivity index (χ1) is 5.25. The summed E-state index contributed by atoms with van der Waals surface area (Å²) in [5.41, 5.74) is 1.07. The minimum absolute atomic E-state index is 0.245. The van der Waals surface area contributed by atoms with E-state index in [4.69, 9.17) is 16.7 Å². The highest BCUT2D eigenvalue weighted by Crippen LogP contribution is 2.33. The van der Waals surface area contributed by atoms with Crippen LogP contribution in [0.4, 0.5) is 0 Å². The third-order valence-corrected chi connectivity index (χ3v) is 2.05. The zero-order valence-corrected chi connectivity index (χ0v) is 6.97. The molecule has 0 aromatic carbocycles. The molecule has 11 heavy (non-hydrogen) atoms. The van der Waals surface area contributed by atoms with E-state index in [2.05, 4.69) is 0 Å². The van der Waals surface area contributed by atoms with Crippen LogP contribution in [0.5, 0.6) is 0 Å². The van der Waals surface area contributed by atoms with Gasteiger partial charge in [0.25, 0.3) is 0 Å². The summed E-state index contributed by atoms with van der Waals surface area (Å²) in [6.07, 6.45) is 4.70. The van der Waals surface area contributed by atoms with Crippen LogP contribution in [0.3, 0.4) is 0 Å². The van der Waals surface area contributed by atoms with E-state index in [1.165, 1.54) is 0 Å². The third-order valence-electron chi connectivity index (χ3n) is 1.79. The molecular weight excluding hydrogens is 164 g/mol. The molecule has 0 saturated heterocycles. The number of hydrogen-bond acceptors (Lipinski definition) is 1. The average Bonchev–Trinajstić information content (AvgIpc) is 2.68. The molecule has 0 saturated carbocycles. The molecule has 3 heteroatoms. The Morgan fingerprint density at radius 1 is 1.64 bits per heavy atom. The molecule has 0 radical (unpaired) electrons. The van der Waals surface area contributed by atoms with Gasteiger partial charge in [0.05, 0.1) is 5.92 Å². The molecule has 0 fully saturated rings. The molecule has 2 nitrogen and oxygen atoms in total. The van der Waals surface area contributed by atoms with Gasteiger partial charge in [-0.05, 0) is 19.3 Å². The lowest BCUT2D eigenvalue weighted by Crippen LogP contribution is -1.99. The Kier molecular flexibility index (Phi) is 2.94. The smallest absolute Gasteiger partial charge is 0.314 e. The zero-order chi connectivity index (χ0) is 8.27. The van der Waals surface area contributed by atoms with Gasteiger partial charge in [-0.25, -0.2) is 0 Å². The molecule has 0 bridgehead atoms. The van der Waals surface area contributed by atoms with Gasteiger partial charge < -0.3 is 5.11 Å². The molecule has 1 aliphatic rings. The molecule has 0 aromatic rings. The van der Waals surface area contributed by atoms with E-state index >= 15 is 0 Å². The van der Waals surface area contributed by atoms with Crippen molar-refractivity contribution in [3.05, 3.63) is 11.6 Å². The SMILES string of the molecule is O=C(O)[C@@H]1C=C1CCCCCl. The van der Waals surface area contributed by atoms with Crippen molar-refractivity contribution in [1.82, 2.24) is 0 Å². The van der Waals surface area contributed by atoms with Crippen LogP contribution in [-0.2, 0) is 4.79 Å². The number of carboxylic acid groups (broad SMARTS) is 1. The maximum Gasteiger partial charge on any atom is 0.314 e. The maximum atomic E-state index is 10.3. The van der Waals surface area contributed by atoms with Crippen molar-refractivity contribution in [2.24, 2.45) is 5.92 Å². The van der Waals surface area contributed by atoms with Gasteiger partial charge in [0, 0.05) is 5.88 Å². The lowest BCUT2D eigenvalue weighted by Gasteiger charge is -1.93. The average molecular weight is 175 g/mol. The summed E-state index contributed by atoms with van der Waals surface area (Å²) in [4.78, 5) is 10.3. The Bertz CT molecular complexity index is 187. The number of carbonyl (C=O) groups is 1. The number of unbranched alkanes of at least 4 members (excludes halogenated alkanes) is 1. The molecule has 0 unspecified atom stereocenters. The predicted octanol–water partition coefficient (Wildman–Crippen LogP) is 2.04. The van der Waals surface area contributed by atoms with Crippen LogP contribution in [0.25, 0.3) is 0 Å². The van der Waals surface area contributed by atoms with E-state index in [1.54, 1.807) is 6.08 Å². The number of carboxylic acids is 1. The van der Waals surface area contributed by atoms with Crippen molar-refractivity contribution >= 4 is 17.6 Å². The first-order valence-corrected chi connectivity index (χ1v) is 4.28. The van der Waals surface area contributed by atoms with E-state index in [-0.39, 0.29) is 5.92 Å². The fraction of sp³-hybridized carbons (Fsp3) is 0.625. The lowest BCUT2D eigenvalue weighted by atomic mass is 10.1. The van der Waals surface area contributed by atoms with E-state index in [0.717, 1.165) is 24.8 Å². The van der Waals surface area contributed by atoms with Gasteiger partial charge >= 0.3 is 5.97 Å². The largest absolute Gasteiger partial charge is 0.481 e. The Balaban J connectivity index is 2.04. The van der Waals surface area contributed by atoms with Crippen molar-refractivity contribution in [2.45, 2.75) is 19.3 Å². The molecule has 0 heterocycles. The number of hydrogen-bond donors (Lipinski definition) is 1. The van der Waals surface area contributed by atoms with Gasteiger partial charge in [-0.1, -0.05) is 11.6 Å². The molecule has 1 N–H and O–H groups in total. The topological polar surface area (TPSA) is 37.3 Å². The number of rotatable bonds is 5. The maximum absolute atomic E-state index is 10.3. The van der Waals surface area contributed by atoms with Gasteiger partial charge in [0.15, 0.2) is 0 Å². The van der Waals surface area contributed by atoms with Crippen molar-refractivity contribution in [2.75, 3.05) is 5.88 Å². The monoisotopic (exact) mass is 174 g/mol. The molecule has 1 rings (SSSR count). The molecule has 0 aromatic heterocycles. The Morgan fingerprint density at radius 3 is 2.82 bits per heavy atom. The molecule has 0 amide bonds. The molecule has 1 atom stereocenters. The highest BCUT2D eigenvalue weighted by Gasteiger charge is 2.30. The van der Waals surface area contributed by atoms with E-state index in [9.17, 15) is 4.79 Å². The standard InChI is InChI=1S/C8H11ClO2/c9-4-2-1-3-6-5-7(6)8(10)11/h5,7H,1-4H2,(H,10,11)/t7-/m1/s1. The Morgan fingerprint density at radius 2 is 2.36 bits per heavy atom. The van der Waals surface area contributed by atoms with Crippen LogP contribution in [0.15, 0.2) is 11.6 Å². The quantitative estimate of drug-likeness (QED) is 0.394. The third kappa shape index (κ3) is 2.54. The first kappa shape index (κ1) is 8.60. The van der Waals surface area contributed by atoms with Crippen molar-refractivity contribution in [1.29, 1.82) is 0 Å². The number of alkyl halides is 1. The summed E-state index contributed by atoms with van der Waals surface area (Å²) in [5.74, 6) is -0.290. The van der Waals surface area contributed by atoms with Gasteiger partial charge in [0.1, 0.15) is 0 Å². The molecule has 0 spiro atoms. The molecule has 1 aliphatic carbocycles. The molecule has 0 aliphatic heterocycles. The van der Waals surface area contributed by atoms with Gasteiger partial charge in [-0.2, -0.15) is 0 Å². The van der Waals surface area contributed by atoms with E-state index < -0.39 is 5.97 Å². The fourth-order valence-electron chi connectivity index (χ4n) is 1.06. The summed E-state index contributed by atoms with van der Waals surface area (Å²) in [6.45, 7) is 0. The summed E-state index contributed by atoms with van der Waals surface area (Å²) in [6, 6.07) is 0. The summed E-state index contributed by atoms with van der Waals surface area (Å²) in [5, 5.41) is 8.50. The molecular formula is C8H11ClO2. The summed E-state index contributed by atoms with van der Waals surface area (Å²) >= 11 is 5.47. The second-order valence-electron chi connectivity index (χ2n) is 2.70. The van der Waals surface area contributed by atoms with Crippen molar-refractivity contribution in [3.8, 4) is 0 Å². The van der Waals surface area contributed by atoms with Crippen LogP contribution >= 0.6 is 11.6 Å². The second kappa shape index (κ2) is 3.77. The first-order valence-electron chi connectivity index (χ1n) is 3.75.